The summed E-state index contributed by atoms with van der Waals surface area (Å²) in [4.78, 5) is 17.4. The predicted molar refractivity (Wildman–Crippen MR) is 103 cm³/mol. The Morgan fingerprint density at radius 2 is 1.84 bits per heavy atom. The molecule has 0 saturated carbocycles. The fraction of sp³-hybridized carbons (Fsp3) is 0.350. The van der Waals surface area contributed by atoms with Crippen LogP contribution in [0.2, 0.25) is 0 Å². The SMILES string of the molecule is CCn1c(C(=O)N2CCN(Cc3ccccc3)CC2)cc2sccc21. The summed E-state index contributed by atoms with van der Waals surface area (Å²) in [6.45, 7) is 7.36. The van der Waals surface area contributed by atoms with Crippen molar-refractivity contribution < 1.29 is 4.79 Å². The predicted octanol–water partition coefficient (Wildman–Crippen LogP) is 3.68. The molecule has 0 bridgehead atoms. The van der Waals surface area contributed by atoms with Gasteiger partial charge in [0.2, 0.25) is 0 Å². The van der Waals surface area contributed by atoms with E-state index in [1.54, 1.807) is 11.3 Å². The van der Waals surface area contributed by atoms with Crippen molar-refractivity contribution in [2.24, 2.45) is 0 Å². The summed E-state index contributed by atoms with van der Waals surface area (Å²) in [5.41, 5.74) is 3.35. The van der Waals surface area contributed by atoms with Crippen LogP contribution in [0.1, 0.15) is 23.0 Å². The molecule has 0 radical (unpaired) electrons. The number of hydrogen-bond acceptors (Lipinski definition) is 3. The number of hydrogen-bond donors (Lipinski definition) is 0. The molecule has 25 heavy (non-hydrogen) atoms. The summed E-state index contributed by atoms with van der Waals surface area (Å²) in [6, 6.07) is 14.7. The summed E-state index contributed by atoms with van der Waals surface area (Å²) >= 11 is 1.70. The van der Waals surface area contributed by atoms with E-state index in [0.29, 0.717) is 0 Å². The molecule has 1 aliphatic heterocycles. The molecule has 1 aromatic carbocycles. The second kappa shape index (κ2) is 7.02. The average Bonchev–Trinajstić information content (AvgIpc) is 3.23. The molecule has 0 aliphatic carbocycles. The van der Waals surface area contributed by atoms with E-state index in [0.717, 1.165) is 45.0 Å². The van der Waals surface area contributed by atoms with Crippen LogP contribution in [0.25, 0.3) is 10.2 Å². The maximum atomic E-state index is 13.0. The van der Waals surface area contributed by atoms with E-state index in [1.807, 2.05) is 11.0 Å². The van der Waals surface area contributed by atoms with Crippen LogP contribution in [0, 0.1) is 0 Å². The number of carbonyl (C=O) groups excluding carboxylic acids is 1. The van der Waals surface area contributed by atoms with Crippen molar-refractivity contribution in [1.82, 2.24) is 14.4 Å². The van der Waals surface area contributed by atoms with Crippen LogP contribution in [0.3, 0.4) is 0 Å². The maximum absolute atomic E-state index is 13.0. The highest BCUT2D eigenvalue weighted by Gasteiger charge is 2.25. The van der Waals surface area contributed by atoms with Crippen molar-refractivity contribution in [3.8, 4) is 0 Å². The Kier molecular flexibility index (Phi) is 4.59. The number of benzene rings is 1. The minimum atomic E-state index is 0.171. The summed E-state index contributed by atoms with van der Waals surface area (Å²) < 4.78 is 3.35. The smallest absolute Gasteiger partial charge is 0.270 e. The van der Waals surface area contributed by atoms with Crippen molar-refractivity contribution >= 4 is 27.5 Å². The van der Waals surface area contributed by atoms with E-state index in [-0.39, 0.29) is 5.91 Å². The molecule has 5 heteroatoms. The van der Waals surface area contributed by atoms with Crippen molar-refractivity contribution in [1.29, 1.82) is 0 Å². The zero-order chi connectivity index (χ0) is 17.2. The van der Waals surface area contributed by atoms with Gasteiger partial charge in [0.25, 0.3) is 5.91 Å². The monoisotopic (exact) mass is 353 g/mol. The molecule has 3 aromatic rings. The molecule has 1 fully saturated rings. The van der Waals surface area contributed by atoms with Crippen molar-refractivity contribution in [2.45, 2.75) is 20.0 Å². The quantitative estimate of drug-likeness (QED) is 0.716. The van der Waals surface area contributed by atoms with E-state index in [2.05, 4.69) is 58.2 Å². The van der Waals surface area contributed by atoms with E-state index in [9.17, 15) is 4.79 Å². The fourth-order valence-electron chi connectivity index (χ4n) is 3.61. The van der Waals surface area contributed by atoms with E-state index in [1.165, 1.54) is 15.8 Å². The molecule has 0 atom stereocenters. The number of aromatic nitrogens is 1. The Bertz CT molecular complexity index is 860. The Morgan fingerprint density at radius 1 is 1.08 bits per heavy atom. The van der Waals surface area contributed by atoms with Gasteiger partial charge in [-0.1, -0.05) is 30.3 Å². The number of fused-ring (bicyclic) bond motifs is 1. The van der Waals surface area contributed by atoms with Gasteiger partial charge < -0.3 is 9.47 Å². The molecule has 2 aromatic heterocycles. The van der Waals surface area contributed by atoms with Gasteiger partial charge in [-0.15, -0.1) is 11.3 Å². The third-order valence-electron chi connectivity index (χ3n) is 4.97. The van der Waals surface area contributed by atoms with Gasteiger partial charge in [-0.25, -0.2) is 0 Å². The van der Waals surface area contributed by atoms with E-state index >= 15 is 0 Å². The van der Waals surface area contributed by atoms with Crippen LogP contribution < -0.4 is 0 Å². The lowest BCUT2D eigenvalue weighted by Gasteiger charge is -2.34. The van der Waals surface area contributed by atoms with Gasteiger partial charge in [-0.3, -0.25) is 9.69 Å². The first-order chi connectivity index (χ1) is 12.3. The first kappa shape index (κ1) is 16.4. The summed E-state index contributed by atoms with van der Waals surface area (Å²) in [7, 11) is 0. The molecular weight excluding hydrogens is 330 g/mol. The minimum absolute atomic E-state index is 0.171. The van der Waals surface area contributed by atoms with Crippen LogP contribution in [-0.2, 0) is 13.1 Å². The number of amides is 1. The molecule has 130 valence electrons. The first-order valence-electron chi connectivity index (χ1n) is 8.88. The highest BCUT2D eigenvalue weighted by Crippen LogP contribution is 2.26. The van der Waals surface area contributed by atoms with Gasteiger partial charge in [0.05, 0.1) is 10.2 Å². The van der Waals surface area contributed by atoms with Crippen molar-refractivity contribution in [2.75, 3.05) is 26.2 Å². The molecule has 1 amide bonds. The topological polar surface area (TPSA) is 28.5 Å². The Labute approximate surface area is 152 Å². The van der Waals surface area contributed by atoms with Crippen LogP contribution in [-0.4, -0.2) is 46.5 Å². The van der Waals surface area contributed by atoms with Crippen LogP contribution in [0.5, 0.6) is 0 Å². The van der Waals surface area contributed by atoms with Gasteiger partial charge in [-0.05, 0) is 30.0 Å². The zero-order valence-corrected chi connectivity index (χ0v) is 15.3. The Morgan fingerprint density at radius 3 is 2.56 bits per heavy atom. The highest BCUT2D eigenvalue weighted by atomic mass is 32.1. The number of carbonyl (C=O) groups is 1. The van der Waals surface area contributed by atoms with Gasteiger partial charge in [0, 0.05) is 39.3 Å². The standard InChI is InChI=1S/C20H23N3OS/c1-2-23-17-8-13-25-19(17)14-18(23)20(24)22-11-9-21(10-12-22)15-16-6-4-3-5-7-16/h3-8,13-14H,2,9-12,15H2,1H3. The Balaban J connectivity index is 1.43. The minimum Gasteiger partial charge on any atom is -0.336 e. The Hall–Kier alpha value is -2.11. The molecule has 1 saturated heterocycles. The third kappa shape index (κ3) is 3.22. The van der Waals surface area contributed by atoms with Gasteiger partial charge >= 0.3 is 0 Å². The summed E-state index contributed by atoms with van der Waals surface area (Å²) in [6.07, 6.45) is 0. The first-order valence-corrected chi connectivity index (χ1v) is 9.76. The van der Waals surface area contributed by atoms with Gasteiger partial charge in [-0.2, -0.15) is 0 Å². The summed E-state index contributed by atoms with van der Waals surface area (Å²) in [5.74, 6) is 0.171. The second-order valence-electron chi connectivity index (χ2n) is 6.50. The third-order valence-corrected chi connectivity index (χ3v) is 5.82. The van der Waals surface area contributed by atoms with Crippen LogP contribution >= 0.6 is 11.3 Å². The molecule has 1 aliphatic rings. The number of nitrogens with zero attached hydrogens (tertiary/aromatic N) is 3. The normalized spacial score (nSPS) is 15.8. The lowest BCUT2D eigenvalue weighted by molar-refractivity contribution is 0.0618. The summed E-state index contributed by atoms with van der Waals surface area (Å²) in [5, 5.41) is 2.09. The lowest BCUT2D eigenvalue weighted by Crippen LogP contribution is -2.48. The maximum Gasteiger partial charge on any atom is 0.270 e. The average molecular weight is 353 g/mol. The van der Waals surface area contributed by atoms with Gasteiger partial charge in [0.1, 0.15) is 5.69 Å². The number of rotatable bonds is 4. The van der Waals surface area contributed by atoms with Crippen LogP contribution in [0.15, 0.2) is 47.8 Å². The van der Waals surface area contributed by atoms with E-state index < -0.39 is 0 Å². The largest absolute Gasteiger partial charge is 0.336 e. The molecule has 0 unspecified atom stereocenters. The van der Waals surface area contributed by atoms with Crippen molar-refractivity contribution in [3.63, 3.8) is 0 Å². The molecular formula is C20H23N3OS. The molecule has 4 nitrogen and oxygen atoms in total. The van der Waals surface area contributed by atoms with Crippen LogP contribution in [0.4, 0.5) is 0 Å². The molecule has 0 spiro atoms. The van der Waals surface area contributed by atoms with E-state index in [4.69, 9.17) is 0 Å². The molecule has 0 N–H and O–H groups in total. The number of piperazine rings is 1. The number of aryl methyl sites for hydroxylation is 1. The molecule has 4 rings (SSSR count). The molecule has 3 heterocycles. The van der Waals surface area contributed by atoms with Gasteiger partial charge in [0.15, 0.2) is 0 Å². The lowest BCUT2D eigenvalue weighted by atomic mass is 10.2. The number of thiophene rings is 1. The van der Waals surface area contributed by atoms with Crippen molar-refractivity contribution in [3.05, 3.63) is 59.1 Å². The zero-order valence-electron chi connectivity index (χ0n) is 14.5. The fourth-order valence-corrected chi connectivity index (χ4v) is 4.43. The second-order valence-corrected chi connectivity index (χ2v) is 7.45. The highest BCUT2D eigenvalue weighted by molar-refractivity contribution is 7.17.